The Bertz CT molecular complexity index is 602. The molecule has 0 aromatic carbocycles. The molecule has 0 aliphatic rings. The number of amides is 1. The van der Waals surface area contributed by atoms with E-state index in [-0.39, 0.29) is 5.91 Å². The van der Waals surface area contributed by atoms with Crippen LogP contribution in [0.3, 0.4) is 0 Å². The van der Waals surface area contributed by atoms with Gasteiger partial charge >= 0.3 is 0 Å². The molecule has 0 bridgehead atoms. The summed E-state index contributed by atoms with van der Waals surface area (Å²) in [5.41, 5.74) is 2.49. The minimum Gasteiger partial charge on any atom is -0.362 e. The lowest BCUT2D eigenvalue weighted by atomic mass is 10.2. The van der Waals surface area contributed by atoms with Crippen LogP contribution in [0.15, 0.2) is 18.5 Å². The number of hydrogen-bond acceptors (Lipinski definition) is 4. The van der Waals surface area contributed by atoms with Gasteiger partial charge in [-0.05, 0) is 13.0 Å². The van der Waals surface area contributed by atoms with Crippen molar-refractivity contribution >= 4 is 5.91 Å². The lowest BCUT2D eigenvalue weighted by molar-refractivity contribution is 0.0773. The third-order valence-corrected chi connectivity index (χ3v) is 3.21. The second-order valence-electron chi connectivity index (χ2n) is 4.70. The van der Waals surface area contributed by atoms with E-state index in [9.17, 15) is 4.79 Å². The molecule has 7 nitrogen and oxygen atoms in total. The average molecular weight is 277 g/mol. The van der Waals surface area contributed by atoms with Crippen LogP contribution in [0.5, 0.6) is 0 Å². The number of aryl methyl sites for hydroxylation is 1. The number of aromatic nitrogens is 4. The molecular weight excluding hydrogens is 258 g/mol. The molecule has 0 radical (unpaired) electrons. The Balaban J connectivity index is 2.06. The fourth-order valence-corrected chi connectivity index (χ4v) is 1.90. The molecule has 108 valence electrons. The van der Waals surface area contributed by atoms with Crippen molar-refractivity contribution in [2.24, 2.45) is 7.05 Å². The highest BCUT2D eigenvalue weighted by atomic mass is 16.5. The molecule has 2 heterocycles. The van der Waals surface area contributed by atoms with Crippen molar-refractivity contribution in [1.29, 1.82) is 0 Å². The Morgan fingerprint density at radius 1 is 1.50 bits per heavy atom. The van der Waals surface area contributed by atoms with E-state index >= 15 is 0 Å². The van der Waals surface area contributed by atoms with Crippen molar-refractivity contribution in [3.63, 3.8) is 0 Å². The van der Waals surface area contributed by atoms with Gasteiger partial charge in [-0.15, -0.1) is 0 Å². The Hall–Kier alpha value is -2.15. The minimum atomic E-state index is -0.122. The van der Waals surface area contributed by atoms with E-state index in [4.69, 9.17) is 4.74 Å². The van der Waals surface area contributed by atoms with Crippen LogP contribution in [0.2, 0.25) is 0 Å². The second-order valence-corrected chi connectivity index (χ2v) is 4.70. The Labute approximate surface area is 117 Å². The van der Waals surface area contributed by atoms with Gasteiger partial charge in [0.1, 0.15) is 12.4 Å². The van der Waals surface area contributed by atoms with E-state index in [0.717, 1.165) is 11.3 Å². The maximum Gasteiger partial charge on any atom is 0.274 e. The number of rotatable bonds is 5. The number of carbonyl (C=O) groups is 1. The van der Waals surface area contributed by atoms with E-state index in [1.54, 1.807) is 46.9 Å². The van der Waals surface area contributed by atoms with Crippen molar-refractivity contribution < 1.29 is 9.53 Å². The van der Waals surface area contributed by atoms with Crippen molar-refractivity contribution in [3.05, 3.63) is 35.4 Å². The monoisotopic (exact) mass is 277 g/mol. The number of carbonyl (C=O) groups excluding carboxylic acids is 1. The summed E-state index contributed by atoms with van der Waals surface area (Å²) in [6, 6.07) is 1.69. The molecule has 0 aliphatic heterocycles. The molecule has 2 aromatic heterocycles. The highest BCUT2D eigenvalue weighted by Gasteiger charge is 2.16. The third-order valence-electron chi connectivity index (χ3n) is 3.21. The van der Waals surface area contributed by atoms with Crippen LogP contribution in [-0.2, 0) is 25.1 Å². The predicted octanol–water partition coefficient (Wildman–Crippen LogP) is 0.801. The van der Waals surface area contributed by atoms with Gasteiger partial charge in [-0.1, -0.05) is 0 Å². The first-order valence-electron chi connectivity index (χ1n) is 6.28. The van der Waals surface area contributed by atoms with Gasteiger partial charge in [0.25, 0.3) is 5.91 Å². The topological polar surface area (TPSA) is 65.2 Å². The largest absolute Gasteiger partial charge is 0.362 e. The van der Waals surface area contributed by atoms with Crippen LogP contribution >= 0.6 is 0 Å². The van der Waals surface area contributed by atoms with Crippen LogP contribution in [0.25, 0.3) is 0 Å². The molecule has 2 aromatic rings. The Morgan fingerprint density at radius 2 is 2.25 bits per heavy atom. The van der Waals surface area contributed by atoms with Gasteiger partial charge < -0.3 is 9.64 Å². The molecule has 7 heteroatoms. The summed E-state index contributed by atoms with van der Waals surface area (Å²) in [5, 5.41) is 8.34. The van der Waals surface area contributed by atoms with Gasteiger partial charge in [0.05, 0.1) is 6.20 Å². The average Bonchev–Trinajstić information content (AvgIpc) is 3.00. The quantitative estimate of drug-likeness (QED) is 0.811. The maximum atomic E-state index is 12.3. The highest BCUT2D eigenvalue weighted by Crippen LogP contribution is 2.10. The molecule has 0 N–H and O–H groups in total. The zero-order valence-corrected chi connectivity index (χ0v) is 12.2. The lowest BCUT2D eigenvalue weighted by Crippen LogP contribution is -2.27. The van der Waals surface area contributed by atoms with Crippen LogP contribution < -0.4 is 0 Å². The molecular formula is C13H19N5O2. The first kappa shape index (κ1) is 14.3. The van der Waals surface area contributed by atoms with E-state index in [0.29, 0.717) is 19.0 Å². The Morgan fingerprint density at radius 3 is 2.85 bits per heavy atom. The molecule has 0 atom stereocenters. The summed E-state index contributed by atoms with van der Waals surface area (Å²) in [6.07, 6.45) is 3.50. The van der Waals surface area contributed by atoms with Crippen molar-refractivity contribution in [1.82, 2.24) is 24.5 Å². The van der Waals surface area contributed by atoms with Crippen molar-refractivity contribution in [3.8, 4) is 0 Å². The fourth-order valence-electron chi connectivity index (χ4n) is 1.90. The van der Waals surface area contributed by atoms with E-state index in [2.05, 4.69) is 10.2 Å². The third kappa shape index (κ3) is 2.88. The predicted molar refractivity (Wildman–Crippen MR) is 73.0 cm³/mol. The van der Waals surface area contributed by atoms with E-state index in [1.165, 1.54) is 0 Å². The molecule has 20 heavy (non-hydrogen) atoms. The summed E-state index contributed by atoms with van der Waals surface area (Å²) in [5.74, 6) is -0.122. The van der Waals surface area contributed by atoms with Crippen molar-refractivity contribution in [2.75, 3.05) is 14.2 Å². The molecule has 1 amide bonds. The summed E-state index contributed by atoms with van der Waals surface area (Å²) in [7, 11) is 5.22. The lowest BCUT2D eigenvalue weighted by Gasteiger charge is -2.15. The zero-order chi connectivity index (χ0) is 14.7. The van der Waals surface area contributed by atoms with Gasteiger partial charge in [0.15, 0.2) is 0 Å². The molecule has 0 saturated carbocycles. The summed E-state index contributed by atoms with van der Waals surface area (Å²) in [6.45, 7) is 2.82. The summed E-state index contributed by atoms with van der Waals surface area (Å²) >= 11 is 0. The first-order chi connectivity index (χ1) is 9.52. The normalized spacial score (nSPS) is 10.8. The maximum absolute atomic E-state index is 12.3. The molecule has 0 saturated heterocycles. The molecule has 2 rings (SSSR count). The van der Waals surface area contributed by atoms with Gasteiger partial charge in [0, 0.05) is 45.2 Å². The van der Waals surface area contributed by atoms with E-state index in [1.807, 2.05) is 14.0 Å². The second kappa shape index (κ2) is 5.87. The SMILES string of the molecule is COCn1ccc(C(=O)N(C)Cc2cnn(C)c2C)n1. The molecule has 0 fully saturated rings. The summed E-state index contributed by atoms with van der Waals surface area (Å²) < 4.78 is 8.33. The van der Waals surface area contributed by atoms with Crippen LogP contribution in [-0.4, -0.2) is 44.5 Å². The van der Waals surface area contributed by atoms with Gasteiger partial charge in [-0.3, -0.25) is 9.48 Å². The van der Waals surface area contributed by atoms with Crippen LogP contribution in [0, 0.1) is 6.92 Å². The first-order valence-corrected chi connectivity index (χ1v) is 6.28. The fraction of sp³-hybridized carbons (Fsp3) is 0.462. The molecule has 0 spiro atoms. The number of ether oxygens (including phenoxy) is 1. The smallest absolute Gasteiger partial charge is 0.274 e. The number of methoxy groups -OCH3 is 1. The zero-order valence-electron chi connectivity index (χ0n) is 12.2. The standard InChI is InChI=1S/C13H19N5O2/c1-10-11(7-14-17(10)3)8-16(2)13(19)12-5-6-18(15-12)9-20-4/h5-7H,8-9H2,1-4H3. The number of nitrogens with zero attached hydrogens (tertiary/aromatic N) is 5. The van der Waals surface area contributed by atoms with E-state index < -0.39 is 0 Å². The molecule has 0 unspecified atom stereocenters. The summed E-state index contributed by atoms with van der Waals surface area (Å²) in [4.78, 5) is 13.9. The van der Waals surface area contributed by atoms with Crippen LogP contribution in [0.1, 0.15) is 21.7 Å². The number of hydrogen-bond donors (Lipinski definition) is 0. The van der Waals surface area contributed by atoms with Crippen LogP contribution in [0.4, 0.5) is 0 Å². The van der Waals surface area contributed by atoms with Crippen molar-refractivity contribution in [2.45, 2.75) is 20.2 Å². The van der Waals surface area contributed by atoms with Gasteiger partial charge in [0.2, 0.25) is 0 Å². The van der Waals surface area contributed by atoms with Gasteiger partial charge in [-0.25, -0.2) is 4.68 Å². The Kier molecular flexibility index (Phi) is 4.19. The molecule has 0 aliphatic carbocycles. The van der Waals surface area contributed by atoms with Gasteiger partial charge in [-0.2, -0.15) is 10.2 Å². The minimum absolute atomic E-state index is 0.122. The highest BCUT2D eigenvalue weighted by molar-refractivity contribution is 5.91.